The van der Waals surface area contributed by atoms with Crippen LogP contribution in [0.15, 0.2) is 0 Å². The maximum Gasteiger partial charge on any atom is 0.236 e. The molecule has 0 bridgehead atoms. The predicted molar refractivity (Wildman–Crippen MR) is 66.4 cm³/mol. The van der Waals surface area contributed by atoms with Crippen molar-refractivity contribution in [2.75, 3.05) is 46.3 Å². The average Bonchev–Trinajstić information content (AvgIpc) is 2.17. The van der Waals surface area contributed by atoms with Gasteiger partial charge < -0.3 is 10.2 Å². The Labute approximate surface area is 99.0 Å². The van der Waals surface area contributed by atoms with Gasteiger partial charge in [0.15, 0.2) is 0 Å². The number of carbonyl (C=O) groups is 1. The highest BCUT2D eigenvalue weighted by Gasteiger charge is 2.18. The van der Waals surface area contributed by atoms with Gasteiger partial charge in [-0.3, -0.25) is 9.69 Å². The quantitative estimate of drug-likeness (QED) is 0.684. The largest absolute Gasteiger partial charge is 0.342 e. The van der Waals surface area contributed by atoms with Gasteiger partial charge in [-0.05, 0) is 52.9 Å². The van der Waals surface area contributed by atoms with Gasteiger partial charge in [0.25, 0.3) is 0 Å². The molecule has 16 heavy (non-hydrogen) atoms. The van der Waals surface area contributed by atoms with Crippen molar-refractivity contribution in [1.29, 1.82) is 0 Å². The SMILES string of the molecule is CCN(CC)C(=O)CN(C)CCC1CNC1. The average molecular weight is 227 g/mol. The molecule has 0 aliphatic carbocycles. The predicted octanol–water partition coefficient (Wildman–Crippen LogP) is 0.396. The number of carbonyl (C=O) groups excluding carboxylic acids is 1. The normalized spacial score (nSPS) is 16.2. The van der Waals surface area contributed by atoms with Gasteiger partial charge in [-0.2, -0.15) is 0 Å². The maximum absolute atomic E-state index is 11.8. The van der Waals surface area contributed by atoms with E-state index in [0.29, 0.717) is 6.54 Å². The monoisotopic (exact) mass is 227 g/mol. The number of amides is 1. The van der Waals surface area contributed by atoms with E-state index < -0.39 is 0 Å². The van der Waals surface area contributed by atoms with Crippen LogP contribution in [0.3, 0.4) is 0 Å². The summed E-state index contributed by atoms with van der Waals surface area (Å²) in [6.45, 7) is 9.57. The zero-order valence-corrected chi connectivity index (χ0v) is 10.8. The first-order valence-corrected chi connectivity index (χ1v) is 6.34. The molecule has 1 rings (SSSR count). The Morgan fingerprint density at radius 1 is 1.31 bits per heavy atom. The summed E-state index contributed by atoms with van der Waals surface area (Å²) < 4.78 is 0. The molecule has 1 heterocycles. The molecule has 1 saturated heterocycles. The first-order chi connectivity index (χ1) is 7.67. The van der Waals surface area contributed by atoms with Crippen LogP contribution < -0.4 is 5.32 Å². The lowest BCUT2D eigenvalue weighted by molar-refractivity contribution is -0.131. The molecule has 1 amide bonds. The highest BCUT2D eigenvalue weighted by Crippen LogP contribution is 2.08. The fraction of sp³-hybridized carbons (Fsp3) is 0.917. The topological polar surface area (TPSA) is 35.6 Å². The zero-order valence-electron chi connectivity index (χ0n) is 10.8. The van der Waals surface area contributed by atoms with Crippen molar-refractivity contribution in [2.24, 2.45) is 5.92 Å². The molecule has 0 radical (unpaired) electrons. The number of likely N-dealkylation sites (N-methyl/N-ethyl adjacent to an activating group) is 2. The summed E-state index contributed by atoms with van der Waals surface area (Å²) in [4.78, 5) is 15.8. The van der Waals surface area contributed by atoms with Crippen molar-refractivity contribution in [3.8, 4) is 0 Å². The van der Waals surface area contributed by atoms with Crippen molar-refractivity contribution < 1.29 is 4.79 Å². The van der Waals surface area contributed by atoms with Crippen LogP contribution in [-0.2, 0) is 4.79 Å². The van der Waals surface area contributed by atoms with E-state index in [1.807, 2.05) is 25.8 Å². The van der Waals surface area contributed by atoms with Crippen molar-refractivity contribution >= 4 is 5.91 Å². The number of nitrogens with zero attached hydrogens (tertiary/aromatic N) is 2. The number of nitrogens with one attached hydrogen (secondary N) is 1. The van der Waals surface area contributed by atoms with Gasteiger partial charge in [0.05, 0.1) is 6.54 Å². The van der Waals surface area contributed by atoms with Gasteiger partial charge in [0.2, 0.25) is 5.91 Å². The molecule has 0 atom stereocenters. The van der Waals surface area contributed by atoms with E-state index in [1.54, 1.807) is 0 Å². The van der Waals surface area contributed by atoms with E-state index in [0.717, 1.165) is 38.6 Å². The highest BCUT2D eigenvalue weighted by atomic mass is 16.2. The Hall–Kier alpha value is -0.610. The summed E-state index contributed by atoms with van der Waals surface area (Å²) in [5, 5.41) is 3.27. The molecule has 0 unspecified atom stereocenters. The van der Waals surface area contributed by atoms with Crippen LogP contribution in [0, 0.1) is 5.92 Å². The minimum absolute atomic E-state index is 0.249. The molecule has 1 N–H and O–H groups in total. The van der Waals surface area contributed by atoms with Gasteiger partial charge >= 0.3 is 0 Å². The number of hydrogen-bond acceptors (Lipinski definition) is 3. The summed E-state index contributed by atoms with van der Waals surface area (Å²) in [6, 6.07) is 0. The molecule has 0 aromatic carbocycles. The number of rotatable bonds is 7. The lowest BCUT2D eigenvalue weighted by Crippen LogP contribution is -2.44. The van der Waals surface area contributed by atoms with Gasteiger partial charge in [-0.15, -0.1) is 0 Å². The van der Waals surface area contributed by atoms with Crippen LogP contribution in [0.25, 0.3) is 0 Å². The van der Waals surface area contributed by atoms with E-state index in [1.165, 1.54) is 6.42 Å². The molecular formula is C12H25N3O. The minimum atomic E-state index is 0.249. The van der Waals surface area contributed by atoms with Crippen LogP contribution in [0.5, 0.6) is 0 Å². The third-order valence-electron chi connectivity index (χ3n) is 3.31. The Balaban J connectivity index is 2.16. The fourth-order valence-corrected chi connectivity index (χ4v) is 1.94. The summed E-state index contributed by atoms with van der Waals surface area (Å²) in [5.74, 6) is 1.07. The third-order valence-corrected chi connectivity index (χ3v) is 3.31. The minimum Gasteiger partial charge on any atom is -0.342 e. The lowest BCUT2D eigenvalue weighted by Gasteiger charge is -2.29. The highest BCUT2D eigenvalue weighted by molar-refractivity contribution is 5.78. The molecule has 0 spiro atoms. The Bertz CT molecular complexity index is 212. The third kappa shape index (κ3) is 4.10. The van der Waals surface area contributed by atoms with Gasteiger partial charge in [-0.25, -0.2) is 0 Å². The van der Waals surface area contributed by atoms with E-state index in [9.17, 15) is 4.79 Å². The van der Waals surface area contributed by atoms with Crippen molar-refractivity contribution in [2.45, 2.75) is 20.3 Å². The molecule has 0 aromatic rings. The Kier molecular flexibility index (Phi) is 5.77. The summed E-state index contributed by atoms with van der Waals surface area (Å²) in [6.07, 6.45) is 1.20. The van der Waals surface area contributed by atoms with Crippen LogP contribution in [0.2, 0.25) is 0 Å². The van der Waals surface area contributed by atoms with Crippen LogP contribution in [0.1, 0.15) is 20.3 Å². The van der Waals surface area contributed by atoms with Gasteiger partial charge in [0, 0.05) is 13.1 Å². The smallest absolute Gasteiger partial charge is 0.236 e. The molecule has 4 heteroatoms. The maximum atomic E-state index is 11.8. The molecular weight excluding hydrogens is 202 g/mol. The summed E-state index contributed by atoms with van der Waals surface area (Å²) >= 11 is 0. The first kappa shape index (κ1) is 13.5. The first-order valence-electron chi connectivity index (χ1n) is 6.34. The molecule has 1 aliphatic heterocycles. The van der Waals surface area contributed by atoms with E-state index >= 15 is 0 Å². The molecule has 94 valence electrons. The lowest BCUT2D eigenvalue weighted by atomic mass is 9.99. The van der Waals surface area contributed by atoms with Crippen LogP contribution in [-0.4, -0.2) is 62.0 Å². The van der Waals surface area contributed by atoms with Crippen molar-refractivity contribution in [3.05, 3.63) is 0 Å². The Morgan fingerprint density at radius 2 is 1.94 bits per heavy atom. The second-order valence-corrected chi connectivity index (χ2v) is 4.62. The van der Waals surface area contributed by atoms with Crippen molar-refractivity contribution in [1.82, 2.24) is 15.1 Å². The standard InChI is InChI=1S/C12H25N3O/c1-4-15(5-2)12(16)10-14(3)7-6-11-8-13-9-11/h11,13H,4-10H2,1-3H3. The van der Waals surface area contributed by atoms with Gasteiger partial charge in [0.1, 0.15) is 0 Å². The number of hydrogen-bond donors (Lipinski definition) is 1. The second kappa shape index (κ2) is 6.86. The summed E-state index contributed by atoms with van der Waals surface area (Å²) in [7, 11) is 2.04. The van der Waals surface area contributed by atoms with E-state index in [4.69, 9.17) is 0 Å². The molecule has 4 nitrogen and oxygen atoms in total. The van der Waals surface area contributed by atoms with Crippen LogP contribution >= 0.6 is 0 Å². The second-order valence-electron chi connectivity index (χ2n) is 4.62. The Morgan fingerprint density at radius 3 is 2.38 bits per heavy atom. The van der Waals surface area contributed by atoms with E-state index in [-0.39, 0.29) is 5.91 Å². The summed E-state index contributed by atoms with van der Waals surface area (Å²) in [5.41, 5.74) is 0. The fourth-order valence-electron chi connectivity index (χ4n) is 1.94. The molecule has 1 aliphatic rings. The van der Waals surface area contributed by atoms with Gasteiger partial charge in [-0.1, -0.05) is 0 Å². The molecule has 0 aromatic heterocycles. The van der Waals surface area contributed by atoms with E-state index in [2.05, 4.69) is 10.2 Å². The van der Waals surface area contributed by atoms with Crippen molar-refractivity contribution in [3.63, 3.8) is 0 Å². The van der Waals surface area contributed by atoms with Crippen LogP contribution in [0.4, 0.5) is 0 Å². The zero-order chi connectivity index (χ0) is 12.0. The molecule has 0 saturated carbocycles. The molecule has 1 fully saturated rings.